The summed E-state index contributed by atoms with van der Waals surface area (Å²) in [5.41, 5.74) is -0.168. The van der Waals surface area contributed by atoms with Crippen LogP contribution in [0.3, 0.4) is 0 Å². The van der Waals surface area contributed by atoms with E-state index >= 15 is 0 Å². The first-order valence-corrected chi connectivity index (χ1v) is 4.04. The number of hydrogen-bond donors (Lipinski definition) is 1. The molecule has 0 saturated carbocycles. The van der Waals surface area contributed by atoms with E-state index in [4.69, 9.17) is 9.47 Å². The molecule has 1 aliphatic heterocycles. The highest BCUT2D eigenvalue weighted by Crippen LogP contribution is 2.42. The molecule has 0 aromatic carbocycles. The summed E-state index contributed by atoms with van der Waals surface area (Å²) < 4.78 is 10.7. The monoisotopic (exact) mass is 172 g/mol. The SMILES string of the molecule is CC1=C(O)O[C@@](C)(C(C)(C)C)O1. The number of rotatable bonds is 0. The molecular formula is C9H16O3. The quantitative estimate of drug-likeness (QED) is 0.610. The molecule has 0 fully saturated rings. The van der Waals surface area contributed by atoms with Crippen LogP contribution in [0.4, 0.5) is 0 Å². The van der Waals surface area contributed by atoms with E-state index in [2.05, 4.69) is 0 Å². The van der Waals surface area contributed by atoms with Crippen molar-refractivity contribution < 1.29 is 14.6 Å². The predicted molar refractivity (Wildman–Crippen MR) is 45.4 cm³/mol. The molecule has 3 heteroatoms. The van der Waals surface area contributed by atoms with Crippen LogP contribution in [0.2, 0.25) is 0 Å². The van der Waals surface area contributed by atoms with Crippen LogP contribution in [0.25, 0.3) is 0 Å². The van der Waals surface area contributed by atoms with Gasteiger partial charge in [0.1, 0.15) is 0 Å². The Bertz CT molecular complexity index is 208. The second-order valence-corrected chi connectivity index (χ2v) is 4.26. The fourth-order valence-electron chi connectivity index (χ4n) is 0.919. The molecule has 70 valence electrons. The highest BCUT2D eigenvalue weighted by atomic mass is 16.8. The fourth-order valence-corrected chi connectivity index (χ4v) is 0.919. The van der Waals surface area contributed by atoms with Gasteiger partial charge >= 0.3 is 5.95 Å². The minimum atomic E-state index is -0.749. The van der Waals surface area contributed by atoms with Crippen molar-refractivity contribution in [1.82, 2.24) is 0 Å². The molecule has 0 aromatic rings. The second-order valence-electron chi connectivity index (χ2n) is 4.26. The number of allylic oxidation sites excluding steroid dienone is 1. The fraction of sp³-hybridized carbons (Fsp3) is 0.778. The van der Waals surface area contributed by atoms with Gasteiger partial charge in [0.15, 0.2) is 5.76 Å². The van der Waals surface area contributed by atoms with Gasteiger partial charge in [0.25, 0.3) is 5.79 Å². The lowest BCUT2D eigenvalue weighted by molar-refractivity contribution is -0.216. The number of hydrogen-bond acceptors (Lipinski definition) is 3. The third-order valence-corrected chi connectivity index (χ3v) is 2.30. The molecule has 0 amide bonds. The van der Waals surface area contributed by atoms with E-state index in [0.717, 1.165) is 0 Å². The van der Waals surface area contributed by atoms with Crippen molar-refractivity contribution in [2.45, 2.75) is 40.4 Å². The molecule has 0 spiro atoms. The first kappa shape index (κ1) is 9.23. The summed E-state index contributed by atoms with van der Waals surface area (Å²) >= 11 is 0. The van der Waals surface area contributed by atoms with Crippen molar-refractivity contribution in [1.29, 1.82) is 0 Å². The molecule has 1 aliphatic rings. The van der Waals surface area contributed by atoms with Gasteiger partial charge in [-0.25, -0.2) is 0 Å². The third-order valence-electron chi connectivity index (χ3n) is 2.30. The van der Waals surface area contributed by atoms with Crippen LogP contribution in [0.15, 0.2) is 11.7 Å². The minimum absolute atomic E-state index is 0.104. The van der Waals surface area contributed by atoms with E-state index in [1.807, 2.05) is 27.7 Å². The van der Waals surface area contributed by atoms with E-state index < -0.39 is 5.79 Å². The Morgan fingerprint density at radius 2 is 1.75 bits per heavy atom. The minimum Gasteiger partial charge on any atom is -0.478 e. The highest BCUT2D eigenvalue weighted by Gasteiger charge is 2.47. The van der Waals surface area contributed by atoms with Gasteiger partial charge < -0.3 is 14.6 Å². The average molecular weight is 172 g/mol. The summed E-state index contributed by atoms with van der Waals surface area (Å²) in [5, 5.41) is 9.23. The topological polar surface area (TPSA) is 38.7 Å². The van der Waals surface area contributed by atoms with Crippen LogP contribution in [0, 0.1) is 5.41 Å². The van der Waals surface area contributed by atoms with E-state index in [-0.39, 0.29) is 11.4 Å². The van der Waals surface area contributed by atoms with E-state index in [1.165, 1.54) is 0 Å². The Morgan fingerprint density at radius 1 is 1.25 bits per heavy atom. The third kappa shape index (κ3) is 1.24. The van der Waals surface area contributed by atoms with E-state index in [9.17, 15) is 5.11 Å². The maximum absolute atomic E-state index is 9.23. The normalized spacial score (nSPS) is 30.1. The number of aliphatic hydroxyl groups is 1. The Labute approximate surface area is 73.0 Å². The lowest BCUT2D eigenvalue weighted by Crippen LogP contribution is -2.41. The molecule has 0 bridgehead atoms. The Balaban J connectivity index is 2.84. The lowest BCUT2D eigenvalue weighted by Gasteiger charge is -2.35. The van der Waals surface area contributed by atoms with E-state index in [0.29, 0.717) is 5.76 Å². The second kappa shape index (κ2) is 2.31. The van der Waals surface area contributed by atoms with Gasteiger partial charge in [-0.1, -0.05) is 20.8 Å². The average Bonchev–Trinajstić information content (AvgIpc) is 2.06. The van der Waals surface area contributed by atoms with Crippen molar-refractivity contribution in [2.75, 3.05) is 0 Å². The van der Waals surface area contributed by atoms with E-state index in [1.54, 1.807) is 6.92 Å². The molecule has 1 heterocycles. The van der Waals surface area contributed by atoms with Gasteiger partial charge in [0.05, 0.1) is 0 Å². The predicted octanol–water partition coefficient (Wildman–Crippen LogP) is 2.54. The van der Waals surface area contributed by atoms with Crippen molar-refractivity contribution in [3.63, 3.8) is 0 Å². The molecule has 0 saturated heterocycles. The summed E-state index contributed by atoms with van der Waals surface area (Å²) in [5.74, 6) is -0.402. The molecule has 0 aromatic heterocycles. The molecule has 1 N–H and O–H groups in total. The Morgan fingerprint density at radius 3 is 1.92 bits per heavy atom. The smallest absolute Gasteiger partial charge is 0.319 e. The van der Waals surface area contributed by atoms with Crippen LogP contribution in [0.1, 0.15) is 34.6 Å². The van der Waals surface area contributed by atoms with Crippen LogP contribution in [-0.2, 0) is 9.47 Å². The van der Waals surface area contributed by atoms with Crippen molar-refractivity contribution in [3.05, 3.63) is 11.7 Å². The summed E-state index contributed by atoms with van der Waals surface area (Å²) in [6.07, 6.45) is 0. The summed E-state index contributed by atoms with van der Waals surface area (Å²) in [6, 6.07) is 0. The molecule has 0 unspecified atom stereocenters. The summed E-state index contributed by atoms with van der Waals surface area (Å²) in [6.45, 7) is 9.50. The van der Waals surface area contributed by atoms with Gasteiger partial charge in [-0.15, -0.1) is 0 Å². The van der Waals surface area contributed by atoms with Crippen molar-refractivity contribution >= 4 is 0 Å². The first-order valence-electron chi connectivity index (χ1n) is 4.04. The Hall–Kier alpha value is -0.860. The van der Waals surface area contributed by atoms with Gasteiger partial charge in [0.2, 0.25) is 0 Å². The molecule has 0 aliphatic carbocycles. The molecule has 0 radical (unpaired) electrons. The maximum Gasteiger partial charge on any atom is 0.319 e. The zero-order chi connectivity index (χ0) is 9.57. The van der Waals surface area contributed by atoms with Gasteiger partial charge in [-0.05, 0) is 0 Å². The van der Waals surface area contributed by atoms with Crippen LogP contribution in [-0.4, -0.2) is 10.9 Å². The Kier molecular flexibility index (Phi) is 1.78. The number of aliphatic hydroxyl groups excluding tert-OH is 1. The summed E-state index contributed by atoms with van der Waals surface area (Å²) in [4.78, 5) is 0. The lowest BCUT2D eigenvalue weighted by atomic mass is 9.87. The zero-order valence-corrected chi connectivity index (χ0v) is 8.26. The number of ether oxygens (including phenoxy) is 2. The standard InChI is InChI=1S/C9H16O3/c1-6-7(10)12-9(5,11-6)8(2,3)4/h10H,1-5H3/t9-/m0/s1. The zero-order valence-electron chi connectivity index (χ0n) is 8.26. The van der Waals surface area contributed by atoms with Crippen LogP contribution < -0.4 is 0 Å². The van der Waals surface area contributed by atoms with Gasteiger partial charge in [-0.3, -0.25) is 0 Å². The molecular weight excluding hydrogens is 156 g/mol. The molecule has 3 nitrogen and oxygen atoms in total. The van der Waals surface area contributed by atoms with Crippen LogP contribution in [0.5, 0.6) is 0 Å². The van der Waals surface area contributed by atoms with Gasteiger partial charge in [-0.2, -0.15) is 0 Å². The molecule has 1 rings (SSSR count). The first-order chi connectivity index (χ1) is 5.26. The molecule has 12 heavy (non-hydrogen) atoms. The largest absolute Gasteiger partial charge is 0.478 e. The molecule has 1 atom stereocenters. The van der Waals surface area contributed by atoms with Crippen molar-refractivity contribution in [2.24, 2.45) is 5.41 Å². The maximum atomic E-state index is 9.23. The highest BCUT2D eigenvalue weighted by molar-refractivity contribution is 5.01. The van der Waals surface area contributed by atoms with Crippen LogP contribution >= 0.6 is 0 Å². The summed E-state index contributed by atoms with van der Waals surface area (Å²) in [7, 11) is 0. The van der Waals surface area contributed by atoms with Gasteiger partial charge in [0, 0.05) is 19.3 Å². The van der Waals surface area contributed by atoms with Crippen molar-refractivity contribution in [3.8, 4) is 0 Å².